The first-order valence-electron chi connectivity index (χ1n) is 17.5. The molecule has 0 spiro atoms. The summed E-state index contributed by atoms with van der Waals surface area (Å²) in [4.78, 5) is 19.9. The van der Waals surface area contributed by atoms with Crippen LogP contribution < -0.4 is 0 Å². The second-order valence-electron chi connectivity index (χ2n) is 13.0. The van der Waals surface area contributed by atoms with Gasteiger partial charge in [-0.05, 0) is 57.6 Å². The molecule has 4 nitrogen and oxygen atoms in total. The van der Waals surface area contributed by atoms with Crippen molar-refractivity contribution in [1.29, 1.82) is 0 Å². The first-order valence-corrected chi connectivity index (χ1v) is 17.5. The fraction of sp³-hybridized carbons (Fsp3) is 0. The van der Waals surface area contributed by atoms with E-state index in [0.29, 0.717) is 0 Å². The lowest BCUT2D eigenvalue weighted by molar-refractivity contribution is 1.37. The van der Waals surface area contributed by atoms with Crippen LogP contribution in [-0.2, 0) is 0 Å². The van der Waals surface area contributed by atoms with Gasteiger partial charge in [-0.3, -0.25) is 9.97 Å². The molecule has 0 unspecified atom stereocenters. The predicted molar refractivity (Wildman–Crippen MR) is 215 cm³/mol. The van der Waals surface area contributed by atoms with Crippen molar-refractivity contribution in [3.8, 4) is 55.9 Å². The van der Waals surface area contributed by atoms with Gasteiger partial charge >= 0.3 is 0 Å². The summed E-state index contributed by atoms with van der Waals surface area (Å²) in [5, 5.41) is 4.31. The summed E-state index contributed by atoms with van der Waals surface area (Å²) in [6.45, 7) is 0. The van der Waals surface area contributed by atoms with Crippen molar-refractivity contribution < 1.29 is 0 Å². The SMILES string of the molecule is c1ccc(-c2ccccc2-c2ccccc2-c2ccccc2-c2ccc3ccc4cccnc4c3n2)c(-c2ccc3ccc4cccnc4c3n2)c1. The Morgan fingerprint density at radius 3 is 0.885 bits per heavy atom. The number of hydrogen-bond acceptors (Lipinski definition) is 4. The Morgan fingerprint density at radius 1 is 0.231 bits per heavy atom. The molecule has 0 fully saturated rings. The molecule has 0 amide bonds. The minimum Gasteiger partial charge on any atom is -0.254 e. The predicted octanol–water partition coefficient (Wildman–Crippen LogP) is 12.2. The number of benzene rings is 6. The Labute approximate surface area is 300 Å². The zero-order valence-corrected chi connectivity index (χ0v) is 28.1. The van der Waals surface area contributed by atoms with E-state index in [4.69, 9.17) is 19.9 Å². The van der Waals surface area contributed by atoms with Crippen LogP contribution in [-0.4, -0.2) is 19.9 Å². The molecule has 4 heterocycles. The molecule has 6 aromatic carbocycles. The normalized spacial score (nSPS) is 11.5. The van der Waals surface area contributed by atoms with Crippen LogP contribution in [0.1, 0.15) is 0 Å². The van der Waals surface area contributed by atoms with E-state index in [9.17, 15) is 0 Å². The van der Waals surface area contributed by atoms with Crippen LogP contribution in [0.4, 0.5) is 0 Å². The molecule has 0 aliphatic heterocycles. The Kier molecular flexibility index (Phi) is 7.10. The summed E-state index contributed by atoms with van der Waals surface area (Å²) in [5.74, 6) is 0. The van der Waals surface area contributed by atoms with Gasteiger partial charge in [0.25, 0.3) is 0 Å². The van der Waals surface area contributed by atoms with E-state index in [2.05, 4.69) is 158 Å². The van der Waals surface area contributed by atoms with E-state index in [1.54, 1.807) is 0 Å². The second-order valence-corrected chi connectivity index (χ2v) is 13.0. The molecule has 0 N–H and O–H groups in total. The van der Waals surface area contributed by atoms with Crippen LogP contribution in [0.15, 0.2) is 182 Å². The maximum atomic E-state index is 5.24. The van der Waals surface area contributed by atoms with E-state index in [0.717, 1.165) is 99.5 Å². The highest BCUT2D eigenvalue weighted by molar-refractivity contribution is 6.05. The number of nitrogens with zero attached hydrogens (tertiary/aromatic N) is 4. The summed E-state index contributed by atoms with van der Waals surface area (Å²) in [6.07, 6.45) is 3.68. The largest absolute Gasteiger partial charge is 0.254 e. The monoisotopic (exact) mass is 662 g/mol. The molecule has 10 aromatic rings. The smallest absolute Gasteiger partial charge is 0.0972 e. The molecule has 0 saturated heterocycles. The first-order chi connectivity index (χ1) is 25.8. The molecule has 0 atom stereocenters. The number of pyridine rings is 4. The topological polar surface area (TPSA) is 51.6 Å². The van der Waals surface area contributed by atoms with Gasteiger partial charge in [0.05, 0.1) is 33.5 Å². The summed E-state index contributed by atoms with van der Waals surface area (Å²) < 4.78 is 0. The van der Waals surface area contributed by atoms with E-state index < -0.39 is 0 Å². The summed E-state index contributed by atoms with van der Waals surface area (Å²) >= 11 is 0. The lowest BCUT2D eigenvalue weighted by atomic mass is 9.86. The number of aromatic nitrogens is 4. The van der Waals surface area contributed by atoms with Crippen LogP contribution in [0.25, 0.3) is 99.5 Å². The van der Waals surface area contributed by atoms with Gasteiger partial charge in [-0.1, -0.05) is 146 Å². The van der Waals surface area contributed by atoms with Crippen LogP contribution in [0.2, 0.25) is 0 Å². The van der Waals surface area contributed by atoms with Crippen molar-refractivity contribution in [2.75, 3.05) is 0 Å². The van der Waals surface area contributed by atoms with Crippen LogP contribution in [0.3, 0.4) is 0 Å². The number of fused-ring (bicyclic) bond motifs is 6. The summed E-state index contributed by atoms with van der Waals surface area (Å²) in [6, 6.07) is 59.7. The molecule has 0 aliphatic carbocycles. The standard InChI is InChI=1S/C48H30N4/c1-3-15-37(39-17-5-7-19-41(39)43-27-25-33-23-21-31-11-9-29-49-45(31)47(33)51-43)35(13-1)36-14-2-4-16-38(36)40-18-6-8-20-42(40)44-28-26-34-24-22-32-12-10-30-50-46(32)48(34)52-44/h1-30H. The molecule has 0 aliphatic rings. The Morgan fingerprint density at radius 2 is 0.519 bits per heavy atom. The zero-order chi connectivity index (χ0) is 34.4. The minimum absolute atomic E-state index is 0.909. The molecular formula is C48H30N4. The Hall–Kier alpha value is -7.04. The molecule has 4 heteroatoms. The highest BCUT2D eigenvalue weighted by Crippen LogP contribution is 2.43. The molecule has 0 radical (unpaired) electrons. The van der Waals surface area contributed by atoms with Crippen molar-refractivity contribution >= 4 is 43.6 Å². The van der Waals surface area contributed by atoms with Crippen LogP contribution >= 0.6 is 0 Å². The third-order valence-corrected chi connectivity index (χ3v) is 9.99. The van der Waals surface area contributed by atoms with Gasteiger partial charge in [0, 0.05) is 45.1 Å². The highest BCUT2D eigenvalue weighted by Gasteiger charge is 2.18. The van der Waals surface area contributed by atoms with Crippen molar-refractivity contribution in [1.82, 2.24) is 19.9 Å². The molecule has 4 aromatic heterocycles. The quantitative estimate of drug-likeness (QED) is 0.172. The van der Waals surface area contributed by atoms with Gasteiger partial charge in [0.2, 0.25) is 0 Å². The van der Waals surface area contributed by atoms with Crippen molar-refractivity contribution in [2.24, 2.45) is 0 Å². The third kappa shape index (κ3) is 5.00. The first kappa shape index (κ1) is 29.8. The summed E-state index contributed by atoms with van der Waals surface area (Å²) in [5.41, 5.74) is 14.4. The summed E-state index contributed by atoms with van der Waals surface area (Å²) in [7, 11) is 0. The molecule has 10 rings (SSSR count). The van der Waals surface area contributed by atoms with E-state index >= 15 is 0 Å². The zero-order valence-electron chi connectivity index (χ0n) is 28.1. The van der Waals surface area contributed by atoms with E-state index in [1.165, 1.54) is 0 Å². The van der Waals surface area contributed by atoms with Gasteiger partial charge in [-0.2, -0.15) is 0 Å². The minimum atomic E-state index is 0.909. The average molecular weight is 663 g/mol. The maximum absolute atomic E-state index is 5.24. The average Bonchev–Trinajstić information content (AvgIpc) is 3.23. The van der Waals surface area contributed by atoms with Gasteiger partial charge in [0.1, 0.15) is 0 Å². The van der Waals surface area contributed by atoms with Gasteiger partial charge in [-0.15, -0.1) is 0 Å². The van der Waals surface area contributed by atoms with Crippen LogP contribution in [0.5, 0.6) is 0 Å². The van der Waals surface area contributed by atoms with Crippen molar-refractivity contribution in [3.63, 3.8) is 0 Å². The van der Waals surface area contributed by atoms with E-state index in [-0.39, 0.29) is 0 Å². The molecule has 0 saturated carbocycles. The highest BCUT2D eigenvalue weighted by atomic mass is 14.8. The Bertz CT molecular complexity index is 2780. The Balaban J connectivity index is 1.13. The lowest BCUT2D eigenvalue weighted by Crippen LogP contribution is -1.94. The molecule has 52 heavy (non-hydrogen) atoms. The van der Waals surface area contributed by atoms with Crippen molar-refractivity contribution in [3.05, 3.63) is 182 Å². The fourth-order valence-corrected chi connectivity index (χ4v) is 7.54. The molecular weight excluding hydrogens is 633 g/mol. The lowest BCUT2D eigenvalue weighted by Gasteiger charge is -2.18. The maximum Gasteiger partial charge on any atom is 0.0972 e. The molecule has 0 bridgehead atoms. The fourth-order valence-electron chi connectivity index (χ4n) is 7.54. The van der Waals surface area contributed by atoms with E-state index in [1.807, 2.05) is 24.5 Å². The van der Waals surface area contributed by atoms with Gasteiger partial charge in [-0.25, -0.2) is 9.97 Å². The number of rotatable bonds is 5. The van der Waals surface area contributed by atoms with Gasteiger partial charge < -0.3 is 0 Å². The van der Waals surface area contributed by atoms with Crippen molar-refractivity contribution in [2.45, 2.75) is 0 Å². The molecule has 242 valence electrons. The second kappa shape index (κ2) is 12.4. The van der Waals surface area contributed by atoms with Gasteiger partial charge in [0.15, 0.2) is 0 Å². The van der Waals surface area contributed by atoms with Crippen LogP contribution in [0, 0.1) is 0 Å². The third-order valence-electron chi connectivity index (χ3n) is 9.99. The number of hydrogen-bond donors (Lipinski definition) is 0.